The third-order valence-corrected chi connectivity index (χ3v) is 2.87. The van der Waals surface area contributed by atoms with Crippen molar-refractivity contribution >= 4 is 22.4 Å². The van der Waals surface area contributed by atoms with Crippen LogP contribution in [0.2, 0.25) is 0 Å². The van der Waals surface area contributed by atoms with E-state index in [2.05, 4.69) is 9.98 Å². The number of nitrogens with two attached hydrogens (primary N) is 1. The number of benzene rings is 2. The van der Waals surface area contributed by atoms with E-state index < -0.39 is 0 Å². The van der Waals surface area contributed by atoms with E-state index in [1.165, 1.54) is 0 Å². The minimum atomic E-state index is 0.428. The number of fused-ring (bicyclic) bond motifs is 1. The summed E-state index contributed by atoms with van der Waals surface area (Å²) in [5, 5.41) is 1.10. The van der Waals surface area contributed by atoms with Gasteiger partial charge >= 0.3 is 0 Å². The van der Waals surface area contributed by atoms with Gasteiger partial charge in [-0.05, 0) is 24.3 Å². The zero-order valence-corrected chi connectivity index (χ0v) is 10.3. The molecule has 0 bridgehead atoms. The van der Waals surface area contributed by atoms with Gasteiger partial charge in [0.15, 0.2) is 0 Å². The van der Waals surface area contributed by atoms with E-state index in [-0.39, 0.29) is 0 Å². The van der Waals surface area contributed by atoms with E-state index in [1.54, 1.807) is 0 Å². The minimum absolute atomic E-state index is 0.428. The molecule has 3 aromatic rings. The number of aromatic nitrogens is 1. The van der Waals surface area contributed by atoms with Gasteiger partial charge in [-0.15, -0.1) is 0 Å². The Morgan fingerprint density at radius 3 is 2.42 bits per heavy atom. The SMILES string of the molecule is NC(=Nc1ccccc1)c1ccc2ccccc2n1. The first-order valence-electron chi connectivity index (χ1n) is 6.08. The molecule has 0 saturated heterocycles. The average Bonchev–Trinajstić information content (AvgIpc) is 2.48. The smallest absolute Gasteiger partial charge is 0.150 e. The molecular formula is C16H13N3. The van der Waals surface area contributed by atoms with Gasteiger partial charge in [0, 0.05) is 5.39 Å². The molecule has 2 N–H and O–H groups in total. The highest BCUT2D eigenvalue weighted by atomic mass is 14.9. The molecule has 0 saturated carbocycles. The van der Waals surface area contributed by atoms with Gasteiger partial charge in [-0.25, -0.2) is 9.98 Å². The maximum atomic E-state index is 6.01. The lowest BCUT2D eigenvalue weighted by Crippen LogP contribution is -2.14. The first-order valence-corrected chi connectivity index (χ1v) is 6.08. The third kappa shape index (κ3) is 2.45. The van der Waals surface area contributed by atoms with E-state index in [1.807, 2.05) is 66.7 Å². The van der Waals surface area contributed by atoms with Crippen molar-refractivity contribution in [3.8, 4) is 0 Å². The van der Waals surface area contributed by atoms with Crippen molar-refractivity contribution in [3.63, 3.8) is 0 Å². The number of aliphatic imine (C=N–C) groups is 1. The normalized spacial score (nSPS) is 11.7. The van der Waals surface area contributed by atoms with Gasteiger partial charge in [-0.3, -0.25) is 0 Å². The van der Waals surface area contributed by atoms with Crippen LogP contribution in [0.15, 0.2) is 71.7 Å². The van der Waals surface area contributed by atoms with Crippen molar-refractivity contribution in [2.75, 3.05) is 0 Å². The van der Waals surface area contributed by atoms with Crippen LogP contribution in [0.4, 0.5) is 5.69 Å². The van der Waals surface area contributed by atoms with Crippen LogP contribution < -0.4 is 5.73 Å². The van der Waals surface area contributed by atoms with Crippen LogP contribution in [0.3, 0.4) is 0 Å². The largest absolute Gasteiger partial charge is 0.382 e. The van der Waals surface area contributed by atoms with E-state index >= 15 is 0 Å². The quantitative estimate of drug-likeness (QED) is 0.558. The second kappa shape index (κ2) is 4.90. The van der Waals surface area contributed by atoms with E-state index in [9.17, 15) is 0 Å². The van der Waals surface area contributed by atoms with Gasteiger partial charge in [0.25, 0.3) is 0 Å². The molecule has 0 aliphatic heterocycles. The second-order valence-electron chi connectivity index (χ2n) is 4.22. The van der Waals surface area contributed by atoms with E-state index in [0.29, 0.717) is 11.5 Å². The molecule has 0 aliphatic carbocycles. The molecule has 0 radical (unpaired) electrons. The van der Waals surface area contributed by atoms with E-state index in [4.69, 9.17) is 5.73 Å². The third-order valence-electron chi connectivity index (χ3n) is 2.87. The van der Waals surface area contributed by atoms with Crippen molar-refractivity contribution in [3.05, 3.63) is 72.4 Å². The Kier molecular flexibility index (Phi) is 2.94. The van der Waals surface area contributed by atoms with Crippen LogP contribution >= 0.6 is 0 Å². The average molecular weight is 247 g/mol. The topological polar surface area (TPSA) is 51.3 Å². The fourth-order valence-corrected chi connectivity index (χ4v) is 1.91. The summed E-state index contributed by atoms with van der Waals surface area (Å²) < 4.78 is 0. The zero-order valence-electron chi connectivity index (χ0n) is 10.3. The summed E-state index contributed by atoms with van der Waals surface area (Å²) >= 11 is 0. The van der Waals surface area contributed by atoms with Crippen LogP contribution in [0, 0.1) is 0 Å². The van der Waals surface area contributed by atoms with Crippen molar-refractivity contribution in [2.24, 2.45) is 10.7 Å². The number of para-hydroxylation sites is 2. The van der Waals surface area contributed by atoms with Crippen molar-refractivity contribution in [2.45, 2.75) is 0 Å². The number of pyridine rings is 1. The summed E-state index contributed by atoms with van der Waals surface area (Å²) in [5.74, 6) is 0.428. The lowest BCUT2D eigenvalue weighted by molar-refractivity contribution is 1.33. The van der Waals surface area contributed by atoms with Crippen LogP contribution in [0.25, 0.3) is 10.9 Å². The molecule has 0 atom stereocenters. The summed E-state index contributed by atoms with van der Waals surface area (Å²) in [6.45, 7) is 0. The number of hydrogen-bond donors (Lipinski definition) is 1. The molecule has 3 rings (SSSR count). The predicted octanol–water partition coefficient (Wildman–Crippen LogP) is 3.27. The van der Waals surface area contributed by atoms with Crippen LogP contribution in [0.5, 0.6) is 0 Å². The van der Waals surface area contributed by atoms with Gasteiger partial charge < -0.3 is 5.73 Å². The number of amidine groups is 1. The Hall–Kier alpha value is -2.68. The number of nitrogens with zero attached hydrogens (tertiary/aromatic N) is 2. The molecule has 19 heavy (non-hydrogen) atoms. The molecule has 0 unspecified atom stereocenters. The zero-order chi connectivity index (χ0) is 13.1. The van der Waals surface area contributed by atoms with Gasteiger partial charge in [-0.2, -0.15) is 0 Å². The summed E-state index contributed by atoms with van der Waals surface area (Å²) in [6, 6.07) is 21.5. The highest BCUT2D eigenvalue weighted by Gasteiger charge is 2.02. The lowest BCUT2D eigenvalue weighted by Gasteiger charge is -2.02. The van der Waals surface area contributed by atoms with E-state index in [0.717, 1.165) is 16.6 Å². The molecule has 92 valence electrons. The maximum absolute atomic E-state index is 6.01. The van der Waals surface area contributed by atoms with Gasteiger partial charge in [0.05, 0.1) is 11.2 Å². The number of hydrogen-bond acceptors (Lipinski definition) is 2. The van der Waals surface area contributed by atoms with Crippen molar-refractivity contribution in [1.29, 1.82) is 0 Å². The highest BCUT2D eigenvalue weighted by molar-refractivity contribution is 5.99. The maximum Gasteiger partial charge on any atom is 0.150 e. The first kappa shape index (κ1) is 11.4. The van der Waals surface area contributed by atoms with Crippen LogP contribution in [-0.4, -0.2) is 10.8 Å². The molecule has 1 heterocycles. The molecule has 2 aromatic carbocycles. The Morgan fingerprint density at radius 1 is 0.842 bits per heavy atom. The lowest BCUT2D eigenvalue weighted by atomic mass is 10.2. The standard InChI is InChI=1S/C16H13N3/c17-16(18-13-7-2-1-3-8-13)15-11-10-12-6-4-5-9-14(12)19-15/h1-11H,(H2,17,18). The second-order valence-corrected chi connectivity index (χ2v) is 4.22. The molecule has 3 heteroatoms. The summed E-state index contributed by atoms with van der Waals surface area (Å²) in [4.78, 5) is 8.88. The Labute approximate surface area is 111 Å². The molecule has 0 spiro atoms. The molecule has 3 nitrogen and oxygen atoms in total. The molecule has 0 aliphatic rings. The Morgan fingerprint density at radius 2 is 1.58 bits per heavy atom. The van der Waals surface area contributed by atoms with Crippen LogP contribution in [0.1, 0.15) is 5.69 Å². The summed E-state index contributed by atoms with van der Waals surface area (Å²) in [5.41, 5.74) is 8.45. The molecular weight excluding hydrogens is 234 g/mol. The fourth-order valence-electron chi connectivity index (χ4n) is 1.91. The Balaban J connectivity index is 2.02. The Bertz CT molecular complexity index is 733. The number of rotatable bonds is 2. The van der Waals surface area contributed by atoms with Gasteiger partial charge in [0.2, 0.25) is 0 Å². The fraction of sp³-hybridized carbons (Fsp3) is 0. The summed E-state index contributed by atoms with van der Waals surface area (Å²) in [6.07, 6.45) is 0. The van der Waals surface area contributed by atoms with Gasteiger partial charge in [-0.1, -0.05) is 42.5 Å². The monoisotopic (exact) mass is 247 g/mol. The predicted molar refractivity (Wildman–Crippen MR) is 78.6 cm³/mol. The molecule has 1 aromatic heterocycles. The molecule has 0 amide bonds. The van der Waals surface area contributed by atoms with Crippen molar-refractivity contribution < 1.29 is 0 Å². The van der Waals surface area contributed by atoms with Crippen LogP contribution in [-0.2, 0) is 0 Å². The highest BCUT2D eigenvalue weighted by Crippen LogP contribution is 2.14. The van der Waals surface area contributed by atoms with Crippen molar-refractivity contribution in [1.82, 2.24) is 4.98 Å². The minimum Gasteiger partial charge on any atom is -0.382 e. The molecule has 0 fully saturated rings. The van der Waals surface area contributed by atoms with Gasteiger partial charge in [0.1, 0.15) is 11.5 Å². The summed E-state index contributed by atoms with van der Waals surface area (Å²) in [7, 11) is 0. The first-order chi connectivity index (χ1) is 9.33.